The van der Waals surface area contributed by atoms with Gasteiger partial charge >= 0.3 is 0 Å². The highest BCUT2D eigenvalue weighted by Gasteiger charge is 2.14. The van der Waals surface area contributed by atoms with Crippen LogP contribution in [0.5, 0.6) is 5.75 Å². The van der Waals surface area contributed by atoms with Gasteiger partial charge in [-0.2, -0.15) is 5.10 Å². The molecule has 3 rings (SSSR count). The van der Waals surface area contributed by atoms with Gasteiger partial charge < -0.3 is 10.1 Å². The Labute approximate surface area is 188 Å². The van der Waals surface area contributed by atoms with E-state index >= 15 is 0 Å². The summed E-state index contributed by atoms with van der Waals surface area (Å²) in [4.78, 5) is 25.3. The van der Waals surface area contributed by atoms with Crippen molar-refractivity contribution in [3.05, 3.63) is 106 Å². The first-order valence-corrected chi connectivity index (χ1v) is 10.2. The molecule has 6 nitrogen and oxygen atoms in total. The second-order valence-corrected chi connectivity index (χ2v) is 7.32. The molecule has 0 heterocycles. The molecule has 31 heavy (non-hydrogen) atoms. The average Bonchev–Trinajstić information content (AvgIpc) is 2.81. The molecule has 2 amide bonds. The van der Waals surface area contributed by atoms with Gasteiger partial charge in [-0.3, -0.25) is 9.59 Å². The zero-order valence-electron chi connectivity index (χ0n) is 16.7. The van der Waals surface area contributed by atoms with Crippen LogP contribution < -0.4 is 15.5 Å². The summed E-state index contributed by atoms with van der Waals surface area (Å²) in [5.41, 5.74) is 4.49. The SMILES string of the molecule is COc1ccc(/C=C(/NC(=O)c2ccccc2)C(=O)N/N=C\c2ccc(Br)cc2)cc1. The Kier molecular flexibility index (Phi) is 7.73. The highest BCUT2D eigenvalue weighted by atomic mass is 79.9. The lowest BCUT2D eigenvalue weighted by Crippen LogP contribution is -2.32. The molecule has 0 aromatic heterocycles. The molecule has 2 N–H and O–H groups in total. The molecule has 0 saturated carbocycles. The minimum Gasteiger partial charge on any atom is -0.497 e. The standard InChI is InChI=1S/C24H20BrN3O3/c1-31-21-13-9-17(10-14-21)15-22(27-23(29)19-5-3-2-4-6-19)24(30)28-26-16-18-7-11-20(25)12-8-18/h2-16H,1H3,(H,27,29)(H,28,30)/b22-15+,26-16-. The van der Waals surface area contributed by atoms with Crippen molar-refractivity contribution < 1.29 is 14.3 Å². The van der Waals surface area contributed by atoms with E-state index < -0.39 is 11.8 Å². The maximum Gasteiger partial charge on any atom is 0.287 e. The van der Waals surface area contributed by atoms with Crippen molar-refractivity contribution in [3.63, 3.8) is 0 Å². The predicted octanol–water partition coefficient (Wildman–Crippen LogP) is 4.38. The third-order valence-electron chi connectivity index (χ3n) is 4.21. The molecule has 0 bridgehead atoms. The molecule has 0 aliphatic heterocycles. The molecule has 0 radical (unpaired) electrons. The number of hydrazone groups is 1. The number of nitrogens with zero attached hydrogens (tertiary/aromatic N) is 1. The lowest BCUT2D eigenvalue weighted by Gasteiger charge is -2.09. The molecular weight excluding hydrogens is 458 g/mol. The Morgan fingerprint density at radius 2 is 1.55 bits per heavy atom. The summed E-state index contributed by atoms with van der Waals surface area (Å²) in [5.74, 6) is -0.253. The fourth-order valence-electron chi connectivity index (χ4n) is 2.58. The van der Waals surface area contributed by atoms with Crippen LogP contribution in [0.2, 0.25) is 0 Å². The lowest BCUT2D eigenvalue weighted by molar-refractivity contribution is -0.117. The fourth-order valence-corrected chi connectivity index (χ4v) is 2.85. The van der Waals surface area contributed by atoms with Gasteiger partial charge in [0, 0.05) is 10.0 Å². The van der Waals surface area contributed by atoms with Crippen LogP contribution in [-0.2, 0) is 4.79 Å². The number of carbonyl (C=O) groups is 2. The topological polar surface area (TPSA) is 79.8 Å². The first-order chi connectivity index (χ1) is 15.0. The van der Waals surface area contributed by atoms with Gasteiger partial charge in [0.1, 0.15) is 11.4 Å². The molecule has 0 unspecified atom stereocenters. The highest BCUT2D eigenvalue weighted by molar-refractivity contribution is 9.10. The van der Waals surface area contributed by atoms with Crippen LogP contribution in [0.3, 0.4) is 0 Å². The van der Waals surface area contributed by atoms with Gasteiger partial charge in [-0.05, 0) is 53.6 Å². The number of hydrogen-bond acceptors (Lipinski definition) is 4. The van der Waals surface area contributed by atoms with E-state index in [0.717, 1.165) is 15.6 Å². The summed E-state index contributed by atoms with van der Waals surface area (Å²) >= 11 is 3.37. The number of methoxy groups -OCH3 is 1. The van der Waals surface area contributed by atoms with E-state index in [-0.39, 0.29) is 5.70 Å². The molecule has 0 spiro atoms. The maximum atomic E-state index is 12.7. The molecular formula is C24H20BrN3O3. The van der Waals surface area contributed by atoms with Crippen molar-refractivity contribution in [2.75, 3.05) is 7.11 Å². The van der Waals surface area contributed by atoms with Gasteiger partial charge in [-0.25, -0.2) is 5.43 Å². The molecule has 7 heteroatoms. The van der Waals surface area contributed by atoms with Crippen LogP contribution in [-0.4, -0.2) is 25.1 Å². The van der Waals surface area contributed by atoms with Crippen molar-refractivity contribution in [1.82, 2.24) is 10.7 Å². The van der Waals surface area contributed by atoms with Gasteiger partial charge in [0.2, 0.25) is 0 Å². The Bertz CT molecular complexity index is 1090. The first-order valence-electron chi connectivity index (χ1n) is 9.36. The summed E-state index contributed by atoms with van der Waals surface area (Å²) in [5, 5.41) is 6.65. The van der Waals surface area contributed by atoms with Crippen molar-refractivity contribution in [2.45, 2.75) is 0 Å². The molecule has 156 valence electrons. The van der Waals surface area contributed by atoms with E-state index in [9.17, 15) is 9.59 Å². The fraction of sp³-hybridized carbons (Fsp3) is 0.0417. The van der Waals surface area contributed by atoms with Crippen molar-refractivity contribution in [3.8, 4) is 5.75 Å². The van der Waals surface area contributed by atoms with E-state index in [2.05, 4.69) is 31.8 Å². The number of rotatable bonds is 7. The number of halogens is 1. The van der Waals surface area contributed by atoms with Gasteiger partial charge in [-0.15, -0.1) is 0 Å². The Morgan fingerprint density at radius 3 is 2.19 bits per heavy atom. The quantitative estimate of drug-likeness (QED) is 0.301. The van der Waals surface area contributed by atoms with E-state index in [0.29, 0.717) is 11.3 Å². The van der Waals surface area contributed by atoms with Gasteiger partial charge in [0.15, 0.2) is 0 Å². The van der Waals surface area contributed by atoms with Gasteiger partial charge in [0.25, 0.3) is 11.8 Å². The molecule has 0 saturated heterocycles. The zero-order valence-corrected chi connectivity index (χ0v) is 18.3. The molecule has 0 fully saturated rings. The number of nitrogens with one attached hydrogen (secondary N) is 2. The minimum absolute atomic E-state index is 0.0620. The van der Waals surface area contributed by atoms with E-state index in [4.69, 9.17) is 4.74 Å². The average molecular weight is 478 g/mol. The number of benzene rings is 3. The highest BCUT2D eigenvalue weighted by Crippen LogP contribution is 2.14. The van der Waals surface area contributed by atoms with Crippen LogP contribution in [0.4, 0.5) is 0 Å². The molecule has 3 aromatic rings. The molecule has 0 aliphatic carbocycles. The second-order valence-electron chi connectivity index (χ2n) is 6.40. The van der Waals surface area contributed by atoms with Gasteiger partial charge in [0.05, 0.1) is 13.3 Å². The Hall–Kier alpha value is -3.71. The predicted molar refractivity (Wildman–Crippen MR) is 125 cm³/mol. The largest absolute Gasteiger partial charge is 0.497 e. The van der Waals surface area contributed by atoms with Gasteiger partial charge in [-0.1, -0.05) is 58.4 Å². The van der Waals surface area contributed by atoms with E-state index in [1.165, 1.54) is 6.21 Å². The van der Waals surface area contributed by atoms with Crippen LogP contribution in [0.15, 0.2) is 94.1 Å². The van der Waals surface area contributed by atoms with Crippen LogP contribution in [0.25, 0.3) is 6.08 Å². The number of ether oxygens (including phenoxy) is 1. The Balaban J connectivity index is 1.79. The number of amides is 2. The van der Waals surface area contributed by atoms with Crippen LogP contribution in [0.1, 0.15) is 21.5 Å². The Morgan fingerprint density at radius 1 is 0.903 bits per heavy atom. The normalized spacial score (nSPS) is 11.2. The summed E-state index contributed by atoms with van der Waals surface area (Å²) < 4.78 is 6.10. The molecule has 0 atom stereocenters. The first kappa shape index (κ1) is 22.0. The summed E-state index contributed by atoms with van der Waals surface area (Å²) in [7, 11) is 1.58. The van der Waals surface area contributed by atoms with Crippen molar-refractivity contribution >= 4 is 40.0 Å². The smallest absolute Gasteiger partial charge is 0.287 e. The lowest BCUT2D eigenvalue weighted by atomic mass is 10.1. The summed E-state index contributed by atoms with van der Waals surface area (Å²) in [6.45, 7) is 0. The monoisotopic (exact) mass is 477 g/mol. The van der Waals surface area contributed by atoms with E-state index in [1.807, 2.05) is 30.3 Å². The minimum atomic E-state index is -0.548. The number of hydrogen-bond donors (Lipinski definition) is 2. The summed E-state index contributed by atoms with van der Waals surface area (Å²) in [6.07, 6.45) is 3.10. The third kappa shape index (κ3) is 6.65. The zero-order chi connectivity index (χ0) is 22.1. The maximum absolute atomic E-state index is 12.7. The summed E-state index contributed by atoms with van der Waals surface area (Å²) in [6, 6.07) is 23.2. The number of carbonyl (C=O) groups excluding carboxylic acids is 2. The van der Waals surface area contributed by atoms with Crippen LogP contribution in [0, 0.1) is 0 Å². The molecule has 0 aliphatic rings. The van der Waals surface area contributed by atoms with Crippen LogP contribution >= 0.6 is 15.9 Å². The van der Waals surface area contributed by atoms with Crippen molar-refractivity contribution in [2.24, 2.45) is 5.10 Å². The third-order valence-corrected chi connectivity index (χ3v) is 4.73. The molecule has 3 aromatic carbocycles. The van der Waals surface area contributed by atoms with Crippen molar-refractivity contribution in [1.29, 1.82) is 0 Å². The second kappa shape index (κ2) is 10.9. The van der Waals surface area contributed by atoms with E-state index in [1.54, 1.807) is 61.7 Å².